The minimum absolute atomic E-state index is 0.341. The third-order valence-electron chi connectivity index (χ3n) is 3.10. The number of hydrogen-bond acceptors (Lipinski definition) is 3. The van der Waals surface area contributed by atoms with E-state index < -0.39 is 5.60 Å². The molecule has 1 atom stereocenters. The van der Waals surface area contributed by atoms with Gasteiger partial charge in [-0.15, -0.1) is 0 Å². The van der Waals surface area contributed by atoms with E-state index in [0.29, 0.717) is 12.5 Å². The van der Waals surface area contributed by atoms with Crippen LogP contribution in [0.5, 0.6) is 0 Å². The molecule has 0 aromatic heterocycles. The van der Waals surface area contributed by atoms with Gasteiger partial charge in [-0.05, 0) is 38.8 Å². The third-order valence-corrected chi connectivity index (χ3v) is 3.10. The van der Waals surface area contributed by atoms with Gasteiger partial charge in [0.1, 0.15) is 5.60 Å². The summed E-state index contributed by atoms with van der Waals surface area (Å²) in [5.74, 6) is 0.464. The largest absolute Gasteiger partial charge is 0.444 e. The van der Waals surface area contributed by atoms with Crippen molar-refractivity contribution in [1.82, 2.24) is 5.32 Å². The Kier molecular flexibility index (Phi) is 3.98. The zero-order valence-corrected chi connectivity index (χ0v) is 11.8. The molecule has 0 radical (unpaired) electrons. The van der Waals surface area contributed by atoms with Gasteiger partial charge in [0, 0.05) is 24.7 Å². The number of anilines is 1. The Balaban J connectivity index is 1.77. The quantitative estimate of drug-likeness (QED) is 0.880. The first kappa shape index (κ1) is 13.7. The number of rotatable bonds is 3. The first-order valence-electron chi connectivity index (χ1n) is 6.75. The average molecular weight is 262 g/mol. The van der Waals surface area contributed by atoms with E-state index in [-0.39, 0.29) is 6.09 Å². The Morgan fingerprint density at radius 2 is 2.16 bits per heavy atom. The van der Waals surface area contributed by atoms with Crippen molar-refractivity contribution < 1.29 is 9.53 Å². The molecule has 2 rings (SSSR count). The predicted molar refractivity (Wildman–Crippen MR) is 76.5 cm³/mol. The molecule has 0 saturated heterocycles. The second-order valence-electron chi connectivity index (χ2n) is 5.88. The van der Waals surface area contributed by atoms with Crippen LogP contribution in [-0.2, 0) is 4.74 Å². The van der Waals surface area contributed by atoms with Crippen molar-refractivity contribution in [2.75, 3.05) is 18.4 Å². The number of carbonyl (C=O) groups is 1. The maximum atomic E-state index is 11.5. The standard InChI is InChI=1S/C15H22N2O2/c1-15(2,3)19-14(18)16-9-8-11-10-17-13-7-5-4-6-12(11)13/h4-7,11,17H,8-10H2,1-3H3,(H,16,18)/t11-/m1/s1. The first-order valence-corrected chi connectivity index (χ1v) is 6.75. The van der Waals surface area contributed by atoms with Gasteiger partial charge >= 0.3 is 6.09 Å². The second kappa shape index (κ2) is 5.51. The van der Waals surface area contributed by atoms with Crippen LogP contribution in [0.1, 0.15) is 38.7 Å². The average Bonchev–Trinajstić information content (AvgIpc) is 2.70. The molecule has 4 heteroatoms. The number of hydrogen-bond donors (Lipinski definition) is 2. The van der Waals surface area contributed by atoms with Crippen molar-refractivity contribution in [3.63, 3.8) is 0 Å². The molecule has 0 fully saturated rings. The first-order chi connectivity index (χ1) is 8.96. The Morgan fingerprint density at radius 3 is 2.89 bits per heavy atom. The molecule has 0 bridgehead atoms. The minimum Gasteiger partial charge on any atom is -0.444 e. The van der Waals surface area contributed by atoms with Gasteiger partial charge in [-0.2, -0.15) is 0 Å². The molecular formula is C15H22N2O2. The molecule has 0 spiro atoms. The number of ether oxygens (including phenoxy) is 1. The molecule has 0 aliphatic carbocycles. The summed E-state index contributed by atoms with van der Waals surface area (Å²) in [5, 5.41) is 6.19. The maximum absolute atomic E-state index is 11.5. The minimum atomic E-state index is -0.439. The molecular weight excluding hydrogens is 240 g/mol. The number of alkyl carbamates (subject to hydrolysis) is 1. The summed E-state index contributed by atoms with van der Waals surface area (Å²) in [6, 6.07) is 8.33. The van der Waals surface area contributed by atoms with Crippen molar-refractivity contribution in [1.29, 1.82) is 0 Å². The maximum Gasteiger partial charge on any atom is 0.407 e. The van der Waals surface area contributed by atoms with Gasteiger partial charge in [0.05, 0.1) is 0 Å². The van der Waals surface area contributed by atoms with Gasteiger partial charge in [0.15, 0.2) is 0 Å². The van der Waals surface area contributed by atoms with Crippen LogP contribution in [0.3, 0.4) is 0 Å². The van der Waals surface area contributed by atoms with Crippen LogP contribution in [0.4, 0.5) is 10.5 Å². The normalized spacial score (nSPS) is 17.5. The molecule has 1 aliphatic heterocycles. The van der Waals surface area contributed by atoms with E-state index in [9.17, 15) is 4.79 Å². The van der Waals surface area contributed by atoms with Gasteiger partial charge in [0.2, 0.25) is 0 Å². The highest BCUT2D eigenvalue weighted by molar-refractivity contribution is 5.67. The van der Waals surface area contributed by atoms with Crippen LogP contribution in [0.25, 0.3) is 0 Å². The zero-order valence-electron chi connectivity index (χ0n) is 11.8. The molecule has 104 valence electrons. The summed E-state index contributed by atoms with van der Waals surface area (Å²) >= 11 is 0. The van der Waals surface area contributed by atoms with Crippen LogP contribution < -0.4 is 10.6 Å². The SMILES string of the molecule is CC(C)(C)OC(=O)NCC[C@@H]1CNc2ccccc21. The lowest BCUT2D eigenvalue weighted by Gasteiger charge is -2.20. The monoisotopic (exact) mass is 262 g/mol. The van der Waals surface area contributed by atoms with Crippen molar-refractivity contribution >= 4 is 11.8 Å². The number of nitrogens with one attached hydrogen (secondary N) is 2. The Hall–Kier alpha value is -1.71. The lowest BCUT2D eigenvalue weighted by Crippen LogP contribution is -2.33. The highest BCUT2D eigenvalue weighted by Crippen LogP contribution is 2.32. The van der Waals surface area contributed by atoms with Crippen LogP contribution in [0, 0.1) is 0 Å². The van der Waals surface area contributed by atoms with Gasteiger partial charge in [-0.1, -0.05) is 18.2 Å². The summed E-state index contributed by atoms with van der Waals surface area (Å²) < 4.78 is 5.21. The van der Waals surface area contributed by atoms with Crippen LogP contribution in [0.2, 0.25) is 0 Å². The summed E-state index contributed by atoms with van der Waals surface area (Å²) in [5.41, 5.74) is 2.12. The molecule has 1 aromatic rings. The van der Waals surface area contributed by atoms with Crippen LogP contribution in [0.15, 0.2) is 24.3 Å². The van der Waals surface area contributed by atoms with Crippen molar-refractivity contribution in [3.05, 3.63) is 29.8 Å². The van der Waals surface area contributed by atoms with Gasteiger partial charge in [-0.25, -0.2) is 4.79 Å². The third kappa shape index (κ3) is 3.88. The fourth-order valence-electron chi connectivity index (χ4n) is 2.28. The predicted octanol–water partition coefficient (Wildman–Crippen LogP) is 3.11. The van der Waals surface area contributed by atoms with Crippen LogP contribution in [-0.4, -0.2) is 24.8 Å². The van der Waals surface area contributed by atoms with Crippen LogP contribution >= 0.6 is 0 Å². The Morgan fingerprint density at radius 1 is 1.42 bits per heavy atom. The summed E-state index contributed by atoms with van der Waals surface area (Å²) in [7, 11) is 0. The number of carbonyl (C=O) groups excluding carboxylic acids is 1. The van der Waals surface area contributed by atoms with Crippen molar-refractivity contribution in [2.45, 2.75) is 38.7 Å². The zero-order chi connectivity index (χ0) is 13.9. The van der Waals surface area contributed by atoms with E-state index in [0.717, 1.165) is 13.0 Å². The smallest absolute Gasteiger partial charge is 0.407 e. The van der Waals surface area contributed by atoms with E-state index in [1.807, 2.05) is 26.8 Å². The molecule has 1 amide bonds. The van der Waals surface area contributed by atoms with E-state index in [1.54, 1.807) is 0 Å². The number of benzene rings is 1. The molecule has 1 aliphatic rings. The Labute approximate surface area is 114 Å². The van der Waals surface area contributed by atoms with Crippen molar-refractivity contribution in [3.8, 4) is 0 Å². The van der Waals surface area contributed by atoms with E-state index in [1.165, 1.54) is 11.3 Å². The van der Waals surface area contributed by atoms with Gasteiger partial charge in [-0.3, -0.25) is 0 Å². The van der Waals surface area contributed by atoms with E-state index >= 15 is 0 Å². The fourth-order valence-corrected chi connectivity index (χ4v) is 2.28. The molecule has 1 heterocycles. The number of amides is 1. The second-order valence-corrected chi connectivity index (χ2v) is 5.88. The Bertz CT molecular complexity index is 452. The summed E-state index contributed by atoms with van der Waals surface area (Å²) in [6.45, 7) is 7.17. The van der Waals surface area contributed by atoms with Gasteiger partial charge in [0.25, 0.3) is 0 Å². The molecule has 4 nitrogen and oxygen atoms in total. The highest BCUT2D eigenvalue weighted by atomic mass is 16.6. The summed E-state index contributed by atoms with van der Waals surface area (Å²) in [6.07, 6.45) is 0.579. The highest BCUT2D eigenvalue weighted by Gasteiger charge is 2.21. The molecule has 0 saturated carbocycles. The molecule has 2 N–H and O–H groups in total. The molecule has 19 heavy (non-hydrogen) atoms. The lowest BCUT2D eigenvalue weighted by molar-refractivity contribution is 0.0526. The van der Waals surface area contributed by atoms with E-state index in [2.05, 4.69) is 28.8 Å². The number of fused-ring (bicyclic) bond motifs is 1. The van der Waals surface area contributed by atoms with E-state index in [4.69, 9.17) is 4.74 Å². The summed E-state index contributed by atoms with van der Waals surface area (Å²) in [4.78, 5) is 11.5. The molecule has 0 unspecified atom stereocenters. The van der Waals surface area contributed by atoms with Crippen molar-refractivity contribution in [2.24, 2.45) is 0 Å². The fraction of sp³-hybridized carbons (Fsp3) is 0.533. The number of para-hydroxylation sites is 1. The lowest BCUT2D eigenvalue weighted by atomic mass is 9.98. The van der Waals surface area contributed by atoms with Gasteiger partial charge < -0.3 is 15.4 Å². The topological polar surface area (TPSA) is 50.4 Å². The molecule has 1 aromatic carbocycles.